The first-order valence-corrected chi connectivity index (χ1v) is 11.5. The highest BCUT2D eigenvalue weighted by atomic mass is 32.2. The van der Waals surface area contributed by atoms with Crippen LogP contribution in [0, 0.1) is 6.92 Å². The summed E-state index contributed by atoms with van der Waals surface area (Å²) in [5.41, 5.74) is 0.236. The minimum atomic E-state index is 0.236. The Morgan fingerprint density at radius 2 is 2.19 bits per heavy atom. The van der Waals surface area contributed by atoms with Crippen LogP contribution in [0.2, 0.25) is 0 Å². The molecule has 0 aromatic carbocycles. The zero-order valence-corrected chi connectivity index (χ0v) is 17.8. The highest BCUT2D eigenvalue weighted by molar-refractivity contribution is 7.99. The van der Waals surface area contributed by atoms with E-state index in [0.717, 1.165) is 45.2 Å². The molecule has 2 aliphatic rings. The fourth-order valence-corrected chi connectivity index (χ4v) is 6.26. The van der Waals surface area contributed by atoms with E-state index < -0.39 is 0 Å². The SMILES string of the molecule is CN=C(NCC1(N2CCOCC2)CCSC1)NC(C)Cc1ccc(C)s1. The van der Waals surface area contributed by atoms with Crippen molar-refractivity contribution in [2.75, 3.05) is 51.4 Å². The van der Waals surface area contributed by atoms with Crippen LogP contribution in [0.3, 0.4) is 0 Å². The first-order chi connectivity index (χ1) is 12.6. The Morgan fingerprint density at radius 1 is 1.38 bits per heavy atom. The van der Waals surface area contributed by atoms with Gasteiger partial charge in [0.25, 0.3) is 0 Å². The van der Waals surface area contributed by atoms with Crippen molar-refractivity contribution in [2.45, 2.75) is 38.3 Å². The van der Waals surface area contributed by atoms with Gasteiger partial charge in [-0.05, 0) is 38.2 Å². The van der Waals surface area contributed by atoms with Crippen molar-refractivity contribution in [3.05, 3.63) is 21.9 Å². The van der Waals surface area contributed by atoms with E-state index in [9.17, 15) is 0 Å². The van der Waals surface area contributed by atoms with Crippen molar-refractivity contribution in [1.82, 2.24) is 15.5 Å². The standard InChI is InChI=1S/C19H32N4OS2/c1-15(12-17-5-4-16(2)26-17)22-18(20-3)21-13-19(6-11-25-14-19)23-7-9-24-10-8-23/h4-5,15H,6-14H2,1-3H3,(H2,20,21,22). The molecule has 3 heterocycles. The normalized spacial score (nSPS) is 26.0. The van der Waals surface area contributed by atoms with E-state index in [4.69, 9.17) is 4.74 Å². The van der Waals surface area contributed by atoms with Gasteiger partial charge in [-0.2, -0.15) is 11.8 Å². The number of ether oxygens (including phenoxy) is 1. The molecule has 2 unspecified atom stereocenters. The fourth-order valence-electron chi connectivity index (χ4n) is 3.76. The van der Waals surface area contributed by atoms with Crippen LogP contribution in [0.4, 0.5) is 0 Å². The lowest BCUT2D eigenvalue weighted by molar-refractivity contribution is -0.0120. The molecular weight excluding hydrogens is 364 g/mol. The van der Waals surface area contributed by atoms with Gasteiger partial charge < -0.3 is 15.4 Å². The Kier molecular flexibility index (Phi) is 7.26. The van der Waals surface area contributed by atoms with Gasteiger partial charge >= 0.3 is 0 Å². The van der Waals surface area contributed by atoms with E-state index in [1.807, 2.05) is 18.4 Å². The number of aliphatic imine (C=N–C) groups is 1. The van der Waals surface area contributed by atoms with Crippen LogP contribution >= 0.6 is 23.1 Å². The van der Waals surface area contributed by atoms with Gasteiger partial charge in [0.2, 0.25) is 0 Å². The third kappa shape index (κ3) is 5.15. The van der Waals surface area contributed by atoms with Crippen LogP contribution in [-0.4, -0.2) is 73.8 Å². The number of nitrogens with one attached hydrogen (secondary N) is 2. The molecule has 0 saturated carbocycles. The molecular formula is C19H32N4OS2. The molecule has 7 heteroatoms. The van der Waals surface area contributed by atoms with Crippen LogP contribution in [0.1, 0.15) is 23.1 Å². The highest BCUT2D eigenvalue weighted by Gasteiger charge is 2.40. The fraction of sp³-hybridized carbons (Fsp3) is 0.737. The van der Waals surface area contributed by atoms with Gasteiger partial charge in [0.1, 0.15) is 0 Å². The zero-order chi connectivity index (χ0) is 18.4. The molecule has 5 nitrogen and oxygen atoms in total. The molecule has 2 N–H and O–H groups in total. The lowest BCUT2D eigenvalue weighted by Gasteiger charge is -2.43. The van der Waals surface area contributed by atoms with Crippen LogP contribution in [0.5, 0.6) is 0 Å². The molecule has 3 rings (SSSR count). The van der Waals surface area contributed by atoms with Crippen molar-refractivity contribution >= 4 is 29.1 Å². The number of thiophene rings is 1. The molecule has 2 saturated heterocycles. The Balaban J connectivity index is 1.53. The number of aryl methyl sites for hydroxylation is 1. The van der Waals surface area contributed by atoms with Crippen LogP contribution < -0.4 is 10.6 Å². The summed E-state index contributed by atoms with van der Waals surface area (Å²) in [6.07, 6.45) is 2.27. The molecule has 0 amide bonds. The summed E-state index contributed by atoms with van der Waals surface area (Å²) in [7, 11) is 1.86. The lowest BCUT2D eigenvalue weighted by atomic mass is 9.95. The number of nitrogens with zero attached hydrogens (tertiary/aromatic N) is 2. The van der Waals surface area contributed by atoms with Crippen molar-refractivity contribution in [3.63, 3.8) is 0 Å². The topological polar surface area (TPSA) is 48.9 Å². The average molecular weight is 397 g/mol. The molecule has 0 spiro atoms. The summed E-state index contributed by atoms with van der Waals surface area (Å²) < 4.78 is 5.56. The minimum absolute atomic E-state index is 0.236. The summed E-state index contributed by atoms with van der Waals surface area (Å²) in [6.45, 7) is 9.14. The molecule has 0 radical (unpaired) electrons. The molecule has 0 aliphatic carbocycles. The smallest absolute Gasteiger partial charge is 0.191 e. The molecule has 0 bridgehead atoms. The van der Waals surface area contributed by atoms with Gasteiger partial charge in [-0.25, -0.2) is 0 Å². The summed E-state index contributed by atoms with van der Waals surface area (Å²) in [5, 5.41) is 7.18. The molecule has 1 aromatic heterocycles. The second kappa shape index (κ2) is 9.44. The number of morpholine rings is 1. The zero-order valence-electron chi connectivity index (χ0n) is 16.2. The van der Waals surface area contributed by atoms with Gasteiger partial charge in [-0.1, -0.05) is 0 Å². The van der Waals surface area contributed by atoms with Crippen LogP contribution in [0.15, 0.2) is 17.1 Å². The van der Waals surface area contributed by atoms with Crippen molar-refractivity contribution in [2.24, 2.45) is 4.99 Å². The van der Waals surface area contributed by atoms with E-state index in [-0.39, 0.29) is 5.54 Å². The number of thioether (sulfide) groups is 1. The van der Waals surface area contributed by atoms with E-state index in [1.165, 1.54) is 27.7 Å². The van der Waals surface area contributed by atoms with Gasteiger partial charge in [-0.15, -0.1) is 11.3 Å². The first-order valence-electron chi connectivity index (χ1n) is 9.54. The second-order valence-electron chi connectivity index (χ2n) is 7.31. The van der Waals surface area contributed by atoms with Crippen molar-refractivity contribution < 1.29 is 4.74 Å². The molecule has 146 valence electrons. The Hall–Kier alpha value is -0.760. The Labute approximate surface area is 166 Å². The average Bonchev–Trinajstić information content (AvgIpc) is 3.29. The van der Waals surface area contributed by atoms with Crippen molar-refractivity contribution in [1.29, 1.82) is 0 Å². The largest absolute Gasteiger partial charge is 0.379 e. The maximum Gasteiger partial charge on any atom is 0.191 e. The maximum absolute atomic E-state index is 5.56. The minimum Gasteiger partial charge on any atom is -0.379 e. The molecule has 2 atom stereocenters. The first kappa shape index (κ1) is 20.0. The van der Waals surface area contributed by atoms with Gasteiger partial charge in [0, 0.05) is 60.2 Å². The number of rotatable bonds is 6. The summed E-state index contributed by atoms with van der Waals surface area (Å²) in [4.78, 5) is 9.90. The predicted molar refractivity (Wildman–Crippen MR) is 114 cm³/mol. The number of hydrogen-bond donors (Lipinski definition) is 2. The van der Waals surface area contributed by atoms with E-state index in [0.29, 0.717) is 6.04 Å². The lowest BCUT2D eigenvalue weighted by Crippen LogP contribution is -2.60. The molecule has 26 heavy (non-hydrogen) atoms. The number of hydrogen-bond acceptors (Lipinski definition) is 5. The molecule has 2 fully saturated rings. The highest BCUT2D eigenvalue weighted by Crippen LogP contribution is 2.33. The van der Waals surface area contributed by atoms with Gasteiger partial charge in [0.15, 0.2) is 5.96 Å². The van der Waals surface area contributed by atoms with Crippen LogP contribution in [-0.2, 0) is 11.2 Å². The second-order valence-corrected chi connectivity index (χ2v) is 9.79. The predicted octanol–water partition coefficient (Wildman–Crippen LogP) is 2.36. The molecule has 2 aliphatic heterocycles. The van der Waals surface area contributed by atoms with Crippen LogP contribution in [0.25, 0.3) is 0 Å². The monoisotopic (exact) mass is 396 g/mol. The summed E-state index contributed by atoms with van der Waals surface area (Å²) in [6, 6.07) is 4.79. The van der Waals surface area contributed by atoms with Gasteiger partial charge in [-0.3, -0.25) is 9.89 Å². The van der Waals surface area contributed by atoms with Crippen molar-refractivity contribution in [3.8, 4) is 0 Å². The number of guanidine groups is 1. The Bertz CT molecular complexity index is 592. The third-order valence-electron chi connectivity index (χ3n) is 5.26. The third-order valence-corrected chi connectivity index (χ3v) is 7.52. The summed E-state index contributed by atoms with van der Waals surface area (Å²) >= 11 is 3.95. The Morgan fingerprint density at radius 3 is 2.81 bits per heavy atom. The van der Waals surface area contributed by atoms with E-state index >= 15 is 0 Å². The van der Waals surface area contributed by atoms with E-state index in [2.05, 4.69) is 58.3 Å². The van der Waals surface area contributed by atoms with Gasteiger partial charge in [0.05, 0.1) is 13.2 Å². The summed E-state index contributed by atoms with van der Waals surface area (Å²) in [5.74, 6) is 3.36. The van der Waals surface area contributed by atoms with E-state index in [1.54, 1.807) is 0 Å². The molecule has 1 aromatic rings. The maximum atomic E-state index is 5.56. The quantitative estimate of drug-likeness (QED) is 0.571.